The van der Waals surface area contributed by atoms with Gasteiger partial charge >= 0.3 is 0 Å². The van der Waals surface area contributed by atoms with Crippen molar-refractivity contribution in [1.29, 1.82) is 0 Å². The van der Waals surface area contributed by atoms with Gasteiger partial charge in [0.1, 0.15) is 5.82 Å². The maximum absolute atomic E-state index is 6.24. The van der Waals surface area contributed by atoms with Gasteiger partial charge in [0.2, 0.25) is 5.95 Å². The molecule has 2 heterocycles. The monoisotopic (exact) mass is 382 g/mol. The molecule has 7 heteroatoms. The van der Waals surface area contributed by atoms with Gasteiger partial charge < -0.3 is 26.0 Å². The molecule has 2 fully saturated rings. The number of nitrogens with one attached hydrogen (secondary N) is 2. The van der Waals surface area contributed by atoms with Crippen LogP contribution in [0.3, 0.4) is 0 Å². The second-order valence-corrected chi connectivity index (χ2v) is 7.69. The fraction of sp³-hybridized carbons (Fsp3) is 0.524. The Morgan fingerprint density at radius 2 is 1.96 bits per heavy atom. The molecule has 1 aromatic carbocycles. The van der Waals surface area contributed by atoms with Gasteiger partial charge in [-0.05, 0) is 49.6 Å². The molecular formula is C21H30N6O. The molecule has 1 aliphatic heterocycles. The largest absolute Gasteiger partial charge is 0.378 e. The molecule has 1 aromatic heterocycles. The average molecular weight is 383 g/mol. The molecule has 4 N–H and O–H groups in total. The van der Waals surface area contributed by atoms with Crippen LogP contribution in [-0.2, 0) is 4.74 Å². The molecule has 4 rings (SSSR count). The van der Waals surface area contributed by atoms with Gasteiger partial charge in [0.25, 0.3) is 0 Å². The Labute approximate surface area is 166 Å². The van der Waals surface area contributed by atoms with Crippen LogP contribution in [-0.4, -0.2) is 48.4 Å². The average Bonchev–Trinajstić information content (AvgIpc) is 2.71. The third-order valence-corrected chi connectivity index (χ3v) is 5.61. The first-order chi connectivity index (χ1) is 13.7. The van der Waals surface area contributed by atoms with Crippen LogP contribution in [0.1, 0.15) is 31.2 Å². The van der Waals surface area contributed by atoms with E-state index in [2.05, 4.69) is 50.6 Å². The summed E-state index contributed by atoms with van der Waals surface area (Å²) in [5.74, 6) is 1.41. The number of hydrogen-bond donors (Lipinski definition) is 3. The number of hydrogen-bond acceptors (Lipinski definition) is 7. The summed E-state index contributed by atoms with van der Waals surface area (Å²) in [5, 5.41) is 6.81. The smallest absolute Gasteiger partial charge is 0.224 e. The van der Waals surface area contributed by atoms with E-state index in [-0.39, 0.29) is 12.1 Å². The molecule has 0 spiro atoms. The Kier molecular flexibility index (Phi) is 5.92. The minimum Gasteiger partial charge on any atom is -0.378 e. The first-order valence-corrected chi connectivity index (χ1v) is 10.2. The van der Waals surface area contributed by atoms with Gasteiger partial charge in [-0.1, -0.05) is 12.8 Å². The Balaban J connectivity index is 1.43. The van der Waals surface area contributed by atoms with Gasteiger partial charge in [-0.2, -0.15) is 4.98 Å². The van der Waals surface area contributed by atoms with Crippen LogP contribution < -0.4 is 21.3 Å². The normalized spacial score (nSPS) is 22.7. The van der Waals surface area contributed by atoms with Gasteiger partial charge in [0.05, 0.1) is 13.2 Å². The van der Waals surface area contributed by atoms with E-state index < -0.39 is 0 Å². The third-order valence-electron chi connectivity index (χ3n) is 5.61. The van der Waals surface area contributed by atoms with E-state index >= 15 is 0 Å². The second kappa shape index (κ2) is 8.75. The van der Waals surface area contributed by atoms with Crippen molar-refractivity contribution >= 4 is 23.1 Å². The summed E-state index contributed by atoms with van der Waals surface area (Å²) in [7, 11) is 0. The number of aromatic nitrogens is 2. The van der Waals surface area contributed by atoms with Crippen LogP contribution in [0.25, 0.3) is 0 Å². The van der Waals surface area contributed by atoms with Crippen molar-refractivity contribution in [2.75, 3.05) is 41.8 Å². The van der Waals surface area contributed by atoms with Gasteiger partial charge in [0, 0.05) is 42.7 Å². The molecular weight excluding hydrogens is 352 g/mol. The number of rotatable bonds is 5. The predicted octanol–water partition coefficient (Wildman–Crippen LogP) is 3.05. The molecule has 0 amide bonds. The maximum Gasteiger partial charge on any atom is 0.224 e. The number of anilines is 4. The Bertz CT molecular complexity index is 792. The van der Waals surface area contributed by atoms with Crippen LogP contribution in [0.15, 0.2) is 30.5 Å². The summed E-state index contributed by atoms with van der Waals surface area (Å²) in [6.07, 6.45) is 6.33. The highest BCUT2D eigenvalue weighted by Crippen LogP contribution is 2.26. The standard InChI is InChI=1S/C21H30N6O/c1-15-14-16(6-7-19(15)27-10-12-28-13-11-27)24-20-8-9-23-21(26-20)25-18-5-3-2-4-17(18)22/h6-9,14,17-18H,2-5,10-13,22H2,1H3,(H2,23,24,25,26)/t17-,18+/m0/s1. The summed E-state index contributed by atoms with van der Waals surface area (Å²) < 4.78 is 5.45. The molecule has 150 valence electrons. The van der Waals surface area contributed by atoms with Crippen molar-refractivity contribution in [2.24, 2.45) is 5.73 Å². The molecule has 1 saturated heterocycles. The molecule has 0 unspecified atom stereocenters. The van der Waals surface area contributed by atoms with E-state index in [9.17, 15) is 0 Å². The van der Waals surface area contributed by atoms with Gasteiger partial charge in [-0.3, -0.25) is 0 Å². The predicted molar refractivity (Wildman–Crippen MR) is 113 cm³/mol. The zero-order chi connectivity index (χ0) is 19.3. The van der Waals surface area contributed by atoms with Crippen LogP contribution in [0.5, 0.6) is 0 Å². The fourth-order valence-corrected chi connectivity index (χ4v) is 4.04. The van der Waals surface area contributed by atoms with Crippen molar-refractivity contribution in [3.05, 3.63) is 36.0 Å². The second-order valence-electron chi connectivity index (χ2n) is 7.69. The molecule has 7 nitrogen and oxygen atoms in total. The maximum atomic E-state index is 6.24. The summed E-state index contributed by atoms with van der Waals surface area (Å²) >= 11 is 0. The first kappa shape index (κ1) is 19.0. The van der Waals surface area contributed by atoms with Crippen molar-refractivity contribution in [2.45, 2.75) is 44.7 Å². The lowest BCUT2D eigenvalue weighted by Gasteiger charge is -2.30. The third kappa shape index (κ3) is 4.54. The molecule has 1 saturated carbocycles. The SMILES string of the molecule is Cc1cc(Nc2ccnc(N[C@@H]3CCCC[C@@H]3N)n2)ccc1N1CCOCC1. The minimum absolute atomic E-state index is 0.171. The first-order valence-electron chi connectivity index (χ1n) is 10.2. The Hall–Kier alpha value is -2.38. The number of nitrogens with zero attached hydrogens (tertiary/aromatic N) is 3. The van der Waals surface area contributed by atoms with E-state index in [1.165, 1.54) is 24.1 Å². The van der Waals surface area contributed by atoms with Crippen molar-refractivity contribution < 1.29 is 4.74 Å². The fourth-order valence-electron chi connectivity index (χ4n) is 4.04. The highest BCUT2D eigenvalue weighted by atomic mass is 16.5. The van der Waals surface area contributed by atoms with E-state index in [1.807, 2.05) is 6.07 Å². The summed E-state index contributed by atoms with van der Waals surface area (Å²) in [6.45, 7) is 5.62. The number of morpholine rings is 1. The van der Waals surface area contributed by atoms with E-state index in [0.29, 0.717) is 5.95 Å². The molecule has 0 radical (unpaired) electrons. The number of aryl methyl sites for hydroxylation is 1. The topological polar surface area (TPSA) is 88.3 Å². The van der Waals surface area contributed by atoms with E-state index in [1.54, 1.807) is 6.20 Å². The summed E-state index contributed by atoms with van der Waals surface area (Å²) in [4.78, 5) is 11.4. The molecule has 0 bridgehead atoms. The molecule has 28 heavy (non-hydrogen) atoms. The minimum atomic E-state index is 0.171. The molecule has 1 aliphatic carbocycles. The number of ether oxygens (including phenoxy) is 1. The highest BCUT2D eigenvalue weighted by molar-refractivity contribution is 5.65. The van der Waals surface area contributed by atoms with Gasteiger partial charge in [0.15, 0.2) is 0 Å². The zero-order valence-corrected chi connectivity index (χ0v) is 16.5. The van der Waals surface area contributed by atoms with Crippen molar-refractivity contribution in [1.82, 2.24) is 9.97 Å². The van der Waals surface area contributed by atoms with Crippen molar-refractivity contribution in [3.8, 4) is 0 Å². The van der Waals surface area contributed by atoms with Crippen molar-refractivity contribution in [3.63, 3.8) is 0 Å². The van der Waals surface area contributed by atoms with Crippen LogP contribution in [0.2, 0.25) is 0 Å². The zero-order valence-electron chi connectivity index (χ0n) is 16.5. The number of nitrogens with two attached hydrogens (primary N) is 1. The quantitative estimate of drug-likeness (QED) is 0.732. The summed E-state index contributed by atoms with van der Waals surface area (Å²) in [6, 6.07) is 8.74. The van der Waals surface area contributed by atoms with Crippen LogP contribution in [0.4, 0.5) is 23.1 Å². The molecule has 2 aromatic rings. The van der Waals surface area contributed by atoms with E-state index in [4.69, 9.17) is 10.5 Å². The molecule has 2 aliphatic rings. The lowest BCUT2D eigenvalue weighted by Crippen LogP contribution is -2.42. The number of benzene rings is 1. The van der Waals surface area contributed by atoms with E-state index in [0.717, 1.165) is 50.7 Å². The van der Waals surface area contributed by atoms with Crippen LogP contribution in [0, 0.1) is 6.92 Å². The highest BCUT2D eigenvalue weighted by Gasteiger charge is 2.22. The van der Waals surface area contributed by atoms with Crippen LogP contribution >= 0.6 is 0 Å². The molecule has 2 atom stereocenters. The summed E-state index contributed by atoms with van der Waals surface area (Å²) in [5.41, 5.74) is 9.77. The Morgan fingerprint density at radius 1 is 1.14 bits per heavy atom. The van der Waals surface area contributed by atoms with Gasteiger partial charge in [-0.15, -0.1) is 0 Å². The van der Waals surface area contributed by atoms with Gasteiger partial charge in [-0.25, -0.2) is 4.98 Å². The lowest BCUT2D eigenvalue weighted by molar-refractivity contribution is 0.122. The Morgan fingerprint density at radius 3 is 2.75 bits per heavy atom. The lowest BCUT2D eigenvalue weighted by atomic mass is 9.91.